The number of nitrogens with one attached hydrogen (secondary N) is 1. The molecule has 3 aromatic rings. The van der Waals surface area contributed by atoms with Crippen LogP contribution in [-0.2, 0) is 11.3 Å². The third kappa shape index (κ3) is 5.69. The molecule has 150 valence electrons. The first-order valence-corrected chi connectivity index (χ1v) is 11.7. The largest absolute Gasteiger partial charge is 0.506 e. The first kappa shape index (κ1) is 22.0. The van der Waals surface area contributed by atoms with E-state index in [0.29, 0.717) is 17.3 Å². The standard InChI is InChI=1S/C19H17I2N5O2S/c1-2-26-18(12-6-4-3-5-7-12)24-25-19(26)29-11-16(27)23-22-10-13-8-14(20)9-15(21)17(13)28/h3-10,28H,2,11H2,1H3,(H,23,27)/b22-10-. The molecule has 0 aliphatic carbocycles. The van der Waals surface area contributed by atoms with E-state index in [1.54, 1.807) is 6.07 Å². The smallest absolute Gasteiger partial charge is 0.250 e. The van der Waals surface area contributed by atoms with E-state index in [1.807, 2.05) is 47.9 Å². The minimum atomic E-state index is -0.266. The van der Waals surface area contributed by atoms with Crippen LogP contribution in [0.25, 0.3) is 11.4 Å². The normalized spacial score (nSPS) is 11.1. The number of carbonyl (C=O) groups excluding carboxylic acids is 1. The molecule has 0 bridgehead atoms. The van der Waals surface area contributed by atoms with Crippen molar-refractivity contribution in [1.82, 2.24) is 20.2 Å². The molecule has 7 nitrogen and oxygen atoms in total. The highest BCUT2D eigenvalue weighted by Gasteiger charge is 2.14. The van der Waals surface area contributed by atoms with E-state index in [2.05, 4.69) is 65.9 Å². The lowest BCUT2D eigenvalue weighted by Gasteiger charge is -2.07. The van der Waals surface area contributed by atoms with Crippen LogP contribution in [0.1, 0.15) is 12.5 Å². The van der Waals surface area contributed by atoms with Gasteiger partial charge in [-0.3, -0.25) is 4.79 Å². The number of phenols is 1. The molecule has 10 heteroatoms. The maximum atomic E-state index is 12.1. The van der Waals surface area contributed by atoms with Gasteiger partial charge in [0, 0.05) is 21.2 Å². The number of hydrazone groups is 1. The fraction of sp³-hybridized carbons (Fsp3) is 0.158. The average Bonchev–Trinajstić information content (AvgIpc) is 3.13. The summed E-state index contributed by atoms with van der Waals surface area (Å²) in [5.74, 6) is 0.804. The molecule has 0 unspecified atom stereocenters. The predicted octanol–water partition coefficient (Wildman–Crippen LogP) is 4.12. The Bertz CT molecular complexity index is 1040. The second-order valence-corrected chi connectivity index (χ2v) is 9.17. The first-order chi connectivity index (χ1) is 14.0. The van der Waals surface area contributed by atoms with Crippen molar-refractivity contribution in [2.45, 2.75) is 18.6 Å². The molecule has 0 aliphatic heterocycles. The van der Waals surface area contributed by atoms with Crippen molar-refractivity contribution in [3.63, 3.8) is 0 Å². The van der Waals surface area contributed by atoms with Gasteiger partial charge in [0.05, 0.1) is 15.5 Å². The molecule has 0 atom stereocenters. The summed E-state index contributed by atoms with van der Waals surface area (Å²) in [5, 5.41) is 23.2. The fourth-order valence-electron chi connectivity index (χ4n) is 2.50. The molecule has 2 N–H and O–H groups in total. The van der Waals surface area contributed by atoms with Gasteiger partial charge in [-0.1, -0.05) is 42.1 Å². The molecule has 3 rings (SSSR count). The number of aromatic nitrogens is 3. The molecule has 1 heterocycles. The Hall–Kier alpha value is -1.67. The maximum absolute atomic E-state index is 12.1. The summed E-state index contributed by atoms with van der Waals surface area (Å²) in [6.07, 6.45) is 1.43. The molecule has 0 saturated heterocycles. The summed E-state index contributed by atoms with van der Waals surface area (Å²) in [5.41, 5.74) is 4.01. The molecule has 1 amide bonds. The van der Waals surface area contributed by atoms with Crippen molar-refractivity contribution < 1.29 is 9.90 Å². The quantitative estimate of drug-likeness (QED) is 0.177. The Morgan fingerprint density at radius 2 is 2.03 bits per heavy atom. The molecule has 29 heavy (non-hydrogen) atoms. The van der Waals surface area contributed by atoms with E-state index in [-0.39, 0.29) is 17.4 Å². The Labute approximate surface area is 199 Å². The highest BCUT2D eigenvalue weighted by Crippen LogP contribution is 2.26. The van der Waals surface area contributed by atoms with E-state index in [9.17, 15) is 9.90 Å². The van der Waals surface area contributed by atoms with Crippen LogP contribution in [0.4, 0.5) is 0 Å². The summed E-state index contributed by atoms with van der Waals surface area (Å²) >= 11 is 5.51. The van der Waals surface area contributed by atoms with Crippen LogP contribution in [0.15, 0.2) is 52.7 Å². The summed E-state index contributed by atoms with van der Waals surface area (Å²) in [4.78, 5) is 12.1. The van der Waals surface area contributed by atoms with Gasteiger partial charge in [0.25, 0.3) is 5.91 Å². The van der Waals surface area contributed by atoms with Crippen LogP contribution in [0.5, 0.6) is 5.75 Å². The van der Waals surface area contributed by atoms with Crippen molar-refractivity contribution in [3.8, 4) is 17.1 Å². The number of hydrogen-bond donors (Lipinski definition) is 2. The van der Waals surface area contributed by atoms with Gasteiger partial charge >= 0.3 is 0 Å². The number of aromatic hydroxyl groups is 1. The van der Waals surface area contributed by atoms with E-state index >= 15 is 0 Å². The molecule has 0 aliphatic rings. The zero-order chi connectivity index (χ0) is 20.8. The number of halogens is 2. The molecular weight excluding hydrogens is 616 g/mol. The zero-order valence-corrected chi connectivity index (χ0v) is 20.5. The van der Waals surface area contributed by atoms with E-state index in [4.69, 9.17) is 0 Å². The lowest BCUT2D eigenvalue weighted by atomic mass is 10.2. The molecule has 0 radical (unpaired) electrons. The number of hydrogen-bond acceptors (Lipinski definition) is 6. The van der Waals surface area contributed by atoms with E-state index in [1.165, 1.54) is 18.0 Å². The van der Waals surface area contributed by atoms with Gasteiger partial charge < -0.3 is 9.67 Å². The Kier molecular flexibility index (Phi) is 7.89. The van der Waals surface area contributed by atoms with Crippen LogP contribution in [-0.4, -0.2) is 37.7 Å². The van der Waals surface area contributed by atoms with Crippen molar-refractivity contribution in [2.75, 3.05) is 5.75 Å². The topological polar surface area (TPSA) is 92.4 Å². The maximum Gasteiger partial charge on any atom is 0.250 e. The van der Waals surface area contributed by atoms with Gasteiger partial charge in [-0.2, -0.15) is 5.10 Å². The summed E-state index contributed by atoms with van der Waals surface area (Å²) in [6, 6.07) is 13.5. The van der Waals surface area contributed by atoms with Crippen molar-refractivity contribution in [3.05, 3.63) is 55.2 Å². The second kappa shape index (κ2) is 10.4. The number of phenolic OH excluding ortho intramolecular Hbond substituents is 1. The summed E-state index contributed by atoms with van der Waals surface area (Å²) < 4.78 is 3.68. The third-order valence-electron chi connectivity index (χ3n) is 3.85. The molecule has 0 fully saturated rings. The summed E-state index contributed by atoms with van der Waals surface area (Å²) in [6.45, 7) is 2.71. The number of thioether (sulfide) groups is 1. The Balaban J connectivity index is 1.61. The van der Waals surface area contributed by atoms with Gasteiger partial charge in [-0.15, -0.1) is 10.2 Å². The number of carbonyl (C=O) groups is 1. The first-order valence-electron chi connectivity index (χ1n) is 8.61. The van der Waals surface area contributed by atoms with Crippen LogP contribution in [0.2, 0.25) is 0 Å². The monoisotopic (exact) mass is 633 g/mol. The number of rotatable bonds is 7. The Morgan fingerprint density at radius 1 is 1.28 bits per heavy atom. The van der Waals surface area contributed by atoms with Gasteiger partial charge in [0.1, 0.15) is 5.75 Å². The minimum absolute atomic E-state index is 0.142. The van der Waals surface area contributed by atoms with Gasteiger partial charge in [-0.25, -0.2) is 5.43 Å². The average molecular weight is 633 g/mol. The van der Waals surface area contributed by atoms with Crippen LogP contribution in [0, 0.1) is 7.14 Å². The Morgan fingerprint density at radius 3 is 2.76 bits per heavy atom. The van der Waals surface area contributed by atoms with Crippen LogP contribution < -0.4 is 5.43 Å². The molecule has 0 spiro atoms. The van der Waals surface area contributed by atoms with E-state index < -0.39 is 0 Å². The number of amides is 1. The highest BCUT2D eigenvalue weighted by molar-refractivity contribution is 14.1. The predicted molar refractivity (Wildman–Crippen MR) is 131 cm³/mol. The van der Waals surface area contributed by atoms with Crippen molar-refractivity contribution in [2.24, 2.45) is 5.10 Å². The van der Waals surface area contributed by atoms with Gasteiger partial charge in [0.15, 0.2) is 11.0 Å². The van der Waals surface area contributed by atoms with Gasteiger partial charge in [-0.05, 0) is 64.2 Å². The van der Waals surface area contributed by atoms with Crippen molar-refractivity contribution in [1.29, 1.82) is 0 Å². The lowest BCUT2D eigenvalue weighted by molar-refractivity contribution is -0.118. The molecular formula is C19H17I2N5O2S. The highest BCUT2D eigenvalue weighted by atomic mass is 127. The summed E-state index contributed by atoms with van der Waals surface area (Å²) in [7, 11) is 0. The van der Waals surface area contributed by atoms with E-state index in [0.717, 1.165) is 18.5 Å². The third-order valence-corrected chi connectivity index (χ3v) is 6.26. The van der Waals surface area contributed by atoms with Gasteiger partial charge in [0.2, 0.25) is 0 Å². The number of benzene rings is 2. The molecule has 2 aromatic carbocycles. The van der Waals surface area contributed by atoms with Crippen LogP contribution in [0.3, 0.4) is 0 Å². The number of nitrogens with zero attached hydrogens (tertiary/aromatic N) is 4. The fourth-order valence-corrected chi connectivity index (χ4v) is 5.19. The van der Waals surface area contributed by atoms with Crippen molar-refractivity contribution >= 4 is 69.1 Å². The second-order valence-electron chi connectivity index (χ2n) is 5.82. The molecule has 0 saturated carbocycles. The lowest BCUT2D eigenvalue weighted by Crippen LogP contribution is -2.20. The molecule has 1 aromatic heterocycles. The minimum Gasteiger partial charge on any atom is -0.506 e. The van der Waals surface area contributed by atoms with Crippen LogP contribution >= 0.6 is 56.9 Å². The SMILES string of the molecule is CCn1c(SCC(=O)N/N=C\c2cc(I)cc(I)c2O)nnc1-c1ccccc1. The zero-order valence-electron chi connectivity index (χ0n) is 15.3.